The SMILES string of the molecule is CCCCc1cn(C(C)(C)C)sc1=NC(=O)c1cc(C(F)(F)F)ccc1OC[C@@H]1CCC(=O)N1. The molecule has 0 spiro atoms. The van der Waals surface area contributed by atoms with Gasteiger partial charge in [0.05, 0.1) is 17.2 Å². The van der Waals surface area contributed by atoms with Gasteiger partial charge in [-0.1, -0.05) is 13.3 Å². The lowest BCUT2D eigenvalue weighted by molar-refractivity contribution is -0.137. The largest absolute Gasteiger partial charge is 0.491 e. The zero-order valence-electron chi connectivity index (χ0n) is 19.8. The summed E-state index contributed by atoms with van der Waals surface area (Å²) >= 11 is 1.31. The molecule has 0 bridgehead atoms. The van der Waals surface area contributed by atoms with E-state index in [0.717, 1.165) is 43.0 Å². The van der Waals surface area contributed by atoms with E-state index < -0.39 is 17.6 Å². The van der Waals surface area contributed by atoms with Gasteiger partial charge in [0.25, 0.3) is 5.91 Å². The fraction of sp³-hybridized carbons (Fsp3) is 0.542. The number of carbonyl (C=O) groups is 2. The smallest absolute Gasteiger partial charge is 0.416 e. The Morgan fingerprint density at radius 3 is 2.62 bits per heavy atom. The van der Waals surface area contributed by atoms with Crippen molar-refractivity contribution in [3.8, 4) is 5.75 Å². The van der Waals surface area contributed by atoms with Crippen molar-refractivity contribution in [2.45, 2.75) is 77.6 Å². The van der Waals surface area contributed by atoms with E-state index in [9.17, 15) is 22.8 Å². The molecule has 0 saturated carbocycles. The number of alkyl halides is 3. The summed E-state index contributed by atoms with van der Waals surface area (Å²) in [7, 11) is 0. The number of rotatable bonds is 7. The molecule has 1 aliphatic heterocycles. The molecule has 1 aliphatic rings. The zero-order chi connectivity index (χ0) is 25.1. The maximum Gasteiger partial charge on any atom is 0.416 e. The number of benzene rings is 1. The van der Waals surface area contributed by atoms with Gasteiger partial charge in [0.15, 0.2) is 0 Å². The summed E-state index contributed by atoms with van der Waals surface area (Å²) in [4.78, 5) is 28.8. The summed E-state index contributed by atoms with van der Waals surface area (Å²) in [5.74, 6) is -0.882. The molecule has 2 heterocycles. The molecule has 1 aromatic carbocycles. The molecular formula is C24H30F3N3O3S. The highest BCUT2D eigenvalue weighted by molar-refractivity contribution is 7.04. The summed E-state index contributed by atoms with van der Waals surface area (Å²) in [6, 6.07) is 2.55. The van der Waals surface area contributed by atoms with Gasteiger partial charge in [-0.3, -0.25) is 13.5 Å². The van der Waals surface area contributed by atoms with Gasteiger partial charge in [-0.25, -0.2) is 0 Å². The quantitative estimate of drug-likeness (QED) is 0.581. The first-order valence-electron chi connectivity index (χ1n) is 11.3. The van der Waals surface area contributed by atoms with Gasteiger partial charge in [-0.15, -0.1) is 0 Å². The van der Waals surface area contributed by atoms with Crippen molar-refractivity contribution in [1.29, 1.82) is 0 Å². The summed E-state index contributed by atoms with van der Waals surface area (Å²) in [6.45, 7) is 8.20. The predicted octanol–water partition coefficient (Wildman–Crippen LogP) is 5.06. The van der Waals surface area contributed by atoms with Gasteiger partial charge in [-0.2, -0.15) is 18.2 Å². The third kappa shape index (κ3) is 6.49. The number of hydrogen-bond donors (Lipinski definition) is 1. The molecule has 3 rings (SSSR count). The zero-order valence-corrected chi connectivity index (χ0v) is 20.6. The molecule has 0 radical (unpaired) electrons. The first kappa shape index (κ1) is 26.0. The second kappa shape index (κ2) is 10.3. The lowest BCUT2D eigenvalue weighted by Gasteiger charge is -2.19. The van der Waals surface area contributed by atoms with Crippen molar-refractivity contribution >= 4 is 23.3 Å². The number of ether oxygens (including phenoxy) is 1. The summed E-state index contributed by atoms with van der Waals surface area (Å²) < 4.78 is 48.3. The van der Waals surface area contributed by atoms with Crippen molar-refractivity contribution < 1.29 is 27.5 Å². The topological polar surface area (TPSA) is 72.7 Å². The standard InChI is InChI=1S/C24H30F3N3O3S/c1-5-6-7-15-13-30(23(2,3)4)34-22(15)29-21(32)18-12-16(24(25,26)27)8-10-19(18)33-14-17-9-11-20(31)28-17/h8,10,12-13,17H,5-7,9,11,14H2,1-4H3,(H,28,31)/t17-/m0/s1. The molecule has 6 nitrogen and oxygen atoms in total. The molecule has 1 fully saturated rings. The second-order valence-corrected chi connectivity index (χ2v) is 10.4. The fourth-order valence-electron chi connectivity index (χ4n) is 3.48. The average Bonchev–Trinajstić information content (AvgIpc) is 3.35. The number of amides is 2. The van der Waals surface area contributed by atoms with Crippen molar-refractivity contribution in [3.63, 3.8) is 0 Å². The molecule has 2 aromatic rings. The number of unbranched alkanes of at least 4 members (excludes halogenated alkanes) is 1. The van der Waals surface area contributed by atoms with Crippen LogP contribution < -0.4 is 14.7 Å². The highest BCUT2D eigenvalue weighted by Crippen LogP contribution is 2.33. The van der Waals surface area contributed by atoms with Gasteiger partial charge in [0, 0.05) is 23.7 Å². The minimum Gasteiger partial charge on any atom is -0.491 e. The van der Waals surface area contributed by atoms with E-state index >= 15 is 0 Å². The number of hydrogen-bond acceptors (Lipinski definition) is 4. The van der Waals surface area contributed by atoms with E-state index in [1.165, 1.54) is 11.5 Å². The van der Waals surface area contributed by atoms with Crippen LogP contribution in [0.15, 0.2) is 29.4 Å². The Hall–Kier alpha value is -2.62. The maximum absolute atomic E-state index is 13.4. The molecule has 1 atom stereocenters. The first-order valence-corrected chi connectivity index (χ1v) is 12.1. The third-order valence-electron chi connectivity index (χ3n) is 5.46. The minimum atomic E-state index is -4.61. The van der Waals surface area contributed by atoms with Gasteiger partial charge in [-0.05, 0) is 69.8 Å². The fourth-order valence-corrected chi connectivity index (χ4v) is 4.52. The predicted molar refractivity (Wildman–Crippen MR) is 124 cm³/mol. The van der Waals surface area contributed by atoms with Gasteiger partial charge in [0.2, 0.25) is 5.91 Å². The molecule has 2 amide bonds. The van der Waals surface area contributed by atoms with Crippen LogP contribution in [0.3, 0.4) is 0 Å². The highest BCUT2D eigenvalue weighted by Gasteiger charge is 2.32. The number of nitrogens with one attached hydrogen (secondary N) is 1. The number of aryl methyl sites for hydroxylation is 1. The van der Waals surface area contributed by atoms with Crippen LogP contribution in [-0.2, 0) is 22.9 Å². The van der Waals surface area contributed by atoms with E-state index in [-0.39, 0.29) is 35.4 Å². The van der Waals surface area contributed by atoms with Crippen molar-refractivity contribution in [2.75, 3.05) is 6.61 Å². The van der Waals surface area contributed by atoms with Crippen LogP contribution in [0.25, 0.3) is 0 Å². The normalized spacial score (nSPS) is 17.2. The molecule has 0 aliphatic carbocycles. The molecule has 0 unspecified atom stereocenters. The molecule has 1 aromatic heterocycles. The van der Waals surface area contributed by atoms with Crippen molar-refractivity contribution in [1.82, 2.24) is 9.27 Å². The number of aromatic nitrogens is 1. The van der Waals surface area contributed by atoms with Gasteiger partial charge < -0.3 is 10.1 Å². The minimum absolute atomic E-state index is 0.0123. The van der Waals surface area contributed by atoms with E-state index in [1.54, 1.807) is 0 Å². The molecule has 34 heavy (non-hydrogen) atoms. The Balaban J connectivity index is 1.99. The molecule has 10 heteroatoms. The Labute approximate surface area is 201 Å². The molecule has 1 saturated heterocycles. The Morgan fingerprint density at radius 1 is 1.29 bits per heavy atom. The van der Waals surface area contributed by atoms with Crippen molar-refractivity contribution in [2.24, 2.45) is 4.99 Å². The Bertz CT molecular complexity index is 1110. The Kier molecular flexibility index (Phi) is 7.90. The molecule has 1 N–H and O–H groups in total. The molecular weight excluding hydrogens is 467 g/mol. The maximum atomic E-state index is 13.4. The van der Waals surface area contributed by atoms with Crippen LogP contribution in [-0.4, -0.2) is 28.4 Å². The van der Waals surface area contributed by atoms with E-state index in [4.69, 9.17) is 4.74 Å². The summed E-state index contributed by atoms with van der Waals surface area (Å²) in [5, 5.41) is 2.74. The number of halogens is 3. The lowest BCUT2D eigenvalue weighted by atomic mass is 10.1. The number of nitrogens with zero attached hydrogens (tertiary/aromatic N) is 2. The Morgan fingerprint density at radius 2 is 2.03 bits per heavy atom. The van der Waals surface area contributed by atoms with Crippen LogP contribution in [0.5, 0.6) is 5.75 Å². The third-order valence-corrected chi connectivity index (χ3v) is 6.84. The van der Waals surface area contributed by atoms with Crippen LogP contribution in [0.4, 0.5) is 13.2 Å². The van der Waals surface area contributed by atoms with E-state index in [0.29, 0.717) is 17.5 Å². The number of carbonyl (C=O) groups excluding carboxylic acids is 2. The summed E-state index contributed by atoms with van der Waals surface area (Å²) in [6.07, 6.45) is 0.862. The second-order valence-electron chi connectivity index (χ2n) is 9.39. The van der Waals surface area contributed by atoms with E-state index in [1.807, 2.05) is 30.9 Å². The highest BCUT2D eigenvalue weighted by atomic mass is 32.1. The lowest BCUT2D eigenvalue weighted by Crippen LogP contribution is -2.31. The van der Waals surface area contributed by atoms with Crippen LogP contribution in [0.1, 0.15) is 74.9 Å². The average molecular weight is 498 g/mol. The van der Waals surface area contributed by atoms with E-state index in [2.05, 4.69) is 17.2 Å². The van der Waals surface area contributed by atoms with Crippen molar-refractivity contribution in [3.05, 3.63) is 45.8 Å². The summed E-state index contributed by atoms with van der Waals surface area (Å²) in [5.41, 5.74) is -0.539. The van der Waals surface area contributed by atoms with Gasteiger partial charge >= 0.3 is 6.18 Å². The monoisotopic (exact) mass is 497 g/mol. The van der Waals surface area contributed by atoms with Crippen LogP contribution in [0.2, 0.25) is 0 Å². The first-order chi connectivity index (χ1) is 15.9. The van der Waals surface area contributed by atoms with Crippen LogP contribution in [0, 0.1) is 0 Å². The van der Waals surface area contributed by atoms with Crippen LogP contribution >= 0.6 is 11.5 Å². The van der Waals surface area contributed by atoms with Gasteiger partial charge in [0.1, 0.15) is 17.0 Å². The molecule has 186 valence electrons.